The van der Waals surface area contributed by atoms with Crippen molar-refractivity contribution in [2.75, 3.05) is 14.2 Å². The van der Waals surface area contributed by atoms with Gasteiger partial charge < -0.3 is 19.1 Å². The maximum absolute atomic E-state index is 11.9. The molecular weight excluding hydrogens is 416 g/mol. The van der Waals surface area contributed by atoms with Crippen LogP contribution in [0.1, 0.15) is 5.56 Å². The van der Waals surface area contributed by atoms with E-state index in [1.54, 1.807) is 38.5 Å². The van der Waals surface area contributed by atoms with Crippen molar-refractivity contribution in [1.29, 1.82) is 0 Å². The second-order valence-corrected chi connectivity index (χ2v) is 7.71. The molecule has 2 aromatic carbocycles. The molecule has 0 aliphatic rings. The summed E-state index contributed by atoms with van der Waals surface area (Å²) in [6.07, 6.45) is 3.54. The first-order chi connectivity index (χ1) is 15.0. The summed E-state index contributed by atoms with van der Waals surface area (Å²) in [5, 5.41) is 18.0. The smallest absolute Gasteiger partial charge is 0.342 e. The molecule has 0 spiro atoms. The lowest BCUT2D eigenvalue weighted by molar-refractivity contribution is -0.131. The van der Waals surface area contributed by atoms with Gasteiger partial charge in [-0.3, -0.25) is 5.10 Å². The van der Waals surface area contributed by atoms with Crippen molar-refractivity contribution >= 4 is 34.7 Å². The summed E-state index contributed by atoms with van der Waals surface area (Å²) >= 11 is 0.981. The quantitative estimate of drug-likeness (QED) is 0.331. The number of fused-ring (bicyclic) bond motifs is 1. The minimum absolute atomic E-state index is 0.116. The number of para-hydroxylation sites is 1. The van der Waals surface area contributed by atoms with Gasteiger partial charge in [-0.25, -0.2) is 9.78 Å². The third-order valence-corrected chi connectivity index (χ3v) is 5.59. The van der Waals surface area contributed by atoms with Crippen molar-refractivity contribution < 1.29 is 19.4 Å². The average Bonchev–Trinajstić information content (AvgIpc) is 3.38. The fourth-order valence-electron chi connectivity index (χ4n) is 3.23. The van der Waals surface area contributed by atoms with Crippen LogP contribution in [-0.2, 0) is 11.8 Å². The Labute approximate surface area is 182 Å². The van der Waals surface area contributed by atoms with Crippen molar-refractivity contribution in [2.45, 2.75) is 5.16 Å². The van der Waals surface area contributed by atoms with Crippen LogP contribution in [0, 0.1) is 0 Å². The minimum atomic E-state index is -1.05. The number of aryl methyl sites for hydroxylation is 1. The normalized spacial score (nSPS) is 11.6. The molecule has 4 rings (SSSR count). The third kappa shape index (κ3) is 4.26. The Bertz CT molecular complexity index is 1270. The van der Waals surface area contributed by atoms with Crippen LogP contribution in [0.25, 0.3) is 28.4 Å². The van der Waals surface area contributed by atoms with Crippen molar-refractivity contribution in [3.05, 3.63) is 59.1 Å². The number of thioether (sulfide) groups is 1. The Kier molecular flexibility index (Phi) is 5.68. The molecule has 158 valence electrons. The lowest BCUT2D eigenvalue weighted by Crippen LogP contribution is -1.97. The number of carboxylic acid groups (broad SMARTS) is 1. The Balaban J connectivity index is 1.66. The van der Waals surface area contributed by atoms with Gasteiger partial charge in [0.1, 0.15) is 16.4 Å². The largest absolute Gasteiger partial charge is 0.497 e. The van der Waals surface area contributed by atoms with Crippen molar-refractivity contribution in [2.24, 2.45) is 7.05 Å². The first kappa shape index (κ1) is 20.5. The summed E-state index contributed by atoms with van der Waals surface area (Å²) in [6.45, 7) is 0. The summed E-state index contributed by atoms with van der Waals surface area (Å²) < 4.78 is 12.5. The van der Waals surface area contributed by atoms with Gasteiger partial charge in [0.2, 0.25) is 5.16 Å². The van der Waals surface area contributed by atoms with Crippen LogP contribution >= 0.6 is 11.8 Å². The molecule has 4 aromatic rings. The number of hydrogen-bond donors (Lipinski definition) is 2. The predicted octanol–water partition coefficient (Wildman–Crippen LogP) is 4.20. The van der Waals surface area contributed by atoms with Crippen LogP contribution < -0.4 is 9.47 Å². The number of nitrogens with zero attached hydrogens (tertiary/aromatic N) is 3. The molecule has 0 unspecified atom stereocenters. The number of carbonyl (C=O) groups is 1. The number of aromatic nitrogens is 4. The maximum atomic E-state index is 11.9. The van der Waals surface area contributed by atoms with E-state index in [0.717, 1.165) is 28.2 Å². The second-order valence-electron chi connectivity index (χ2n) is 6.70. The highest BCUT2D eigenvalue weighted by Gasteiger charge is 2.16. The third-order valence-electron chi connectivity index (χ3n) is 4.72. The summed E-state index contributed by atoms with van der Waals surface area (Å²) in [5.74, 6) is 0.658. The Hall–Kier alpha value is -3.72. The van der Waals surface area contributed by atoms with Crippen molar-refractivity contribution in [3.63, 3.8) is 0 Å². The molecule has 2 heterocycles. The van der Waals surface area contributed by atoms with Crippen LogP contribution in [0.4, 0.5) is 0 Å². The fraction of sp³-hybridized carbons (Fsp3) is 0.136. The molecule has 8 nitrogen and oxygen atoms in total. The molecule has 0 amide bonds. The molecule has 0 saturated heterocycles. The Morgan fingerprint density at radius 2 is 1.87 bits per heavy atom. The zero-order valence-corrected chi connectivity index (χ0v) is 17.9. The molecule has 0 saturated carbocycles. The average molecular weight is 436 g/mol. The standard InChI is InChI=1S/C22H20N4O4S/c1-26-12-14(17-6-4-5-7-18(17)26)10-19(21(27)28)31-22-23-20(24-25-22)13-8-15(29-2)11-16(9-13)30-3/h4-12H,1-3H3,(H,27,28)(H,23,24,25)/b19-10-. The Morgan fingerprint density at radius 3 is 2.55 bits per heavy atom. The summed E-state index contributed by atoms with van der Waals surface area (Å²) in [4.78, 5) is 16.5. The van der Waals surface area contributed by atoms with E-state index < -0.39 is 5.97 Å². The van der Waals surface area contributed by atoms with Gasteiger partial charge in [0.15, 0.2) is 5.82 Å². The highest BCUT2D eigenvalue weighted by molar-refractivity contribution is 8.04. The van der Waals surface area contributed by atoms with Gasteiger partial charge in [-0.05, 0) is 36.0 Å². The Morgan fingerprint density at radius 1 is 1.16 bits per heavy atom. The van der Waals surface area contributed by atoms with Gasteiger partial charge in [0.05, 0.1) is 14.2 Å². The summed E-state index contributed by atoms with van der Waals surface area (Å²) in [5.41, 5.74) is 2.55. The van der Waals surface area contributed by atoms with E-state index >= 15 is 0 Å². The van der Waals surface area contributed by atoms with Gasteiger partial charge in [-0.15, -0.1) is 5.10 Å². The molecule has 9 heteroatoms. The molecule has 0 bridgehead atoms. The number of ether oxygens (including phenoxy) is 2. The molecule has 0 fully saturated rings. The first-order valence-corrected chi connectivity index (χ1v) is 10.1. The number of rotatable bonds is 7. The van der Waals surface area contributed by atoms with E-state index in [1.807, 2.05) is 42.1 Å². The highest BCUT2D eigenvalue weighted by atomic mass is 32.2. The number of H-pyrrole nitrogens is 1. The highest BCUT2D eigenvalue weighted by Crippen LogP contribution is 2.32. The first-order valence-electron chi connectivity index (χ1n) is 9.31. The van der Waals surface area contributed by atoms with Crippen molar-refractivity contribution in [1.82, 2.24) is 19.7 Å². The van der Waals surface area contributed by atoms with E-state index in [0.29, 0.717) is 28.0 Å². The molecule has 0 radical (unpaired) electrons. The van der Waals surface area contributed by atoms with Crippen LogP contribution in [-0.4, -0.2) is 45.0 Å². The van der Waals surface area contributed by atoms with Gasteiger partial charge in [0.25, 0.3) is 0 Å². The molecule has 31 heavy (non-hydrogen) atoms. The number of benzene rings is 2. The number of nitrogens with one attached hydrogen (secondary N) is 1. The summed E-state index contributed by atoms with van der Waals surface area (Å²) in [7, 11) is 5.06. The van der Waals surface area contributed by atoms with E-state index in [9.17, 15) is 9.90 Å². The number of hydrogen-bond acceptors (Lipinski definition) is 6. The second kappa shape index (κ2) is 8.57. The molecule has 0 aliphatic carbocycles. The minimum Gasteiger partial charge on any atom is -0.497 e. The fourth-order valence-corrected chi connectivity index (χ4v) is 3.93. The number of aliphatic carboxylic acids is 1. The number of methoxy groups -OCH3 is 2. The topological polar surface area (TPSA) is 102 Å². The lowest BCUT2D eigenvalue weighted by atomic mass is 10.1. The SMILES string of the molecule is COc1cc(OC)cc(-c2nc(S/C(=C\c3cn(C)c4ccccc34)C(=O)O)n[nH]2)c1. The van der Waals surface area contributed by atoms with Gasteiger partial charge in [-0.2, -0.15) is 0 Å². The van der Waals surface area contributed by atoms with E-state index in [4.69, 9.17) is 9.47 Å². The van der Waals surface area contributed by atoms with E-state index in [1.165, 1.54) is 0 Å². The number of aromatic amines is 1. The molecule has 0 atom stereocenters. The van der Waals surface area contributed by atoms with Crippen LogP contribution in [0.15, 0.2) is 58.7 Å². The molecule has 2 aromatic heterocycles. The van der Waals surface area contributed by atoms with E-state index in [-0.39, 0.29) is 4.91 Å². The van der Waals surface area contributed by atoms with Crippen LogP contribution in [0.2, 0.25) is 0 Å². The summed E-state index contributed by atoms with van der Waals surface area (Å²) in [6, 6.07) is 13.2. The molecule has 0 aliphatic heterocycles. The monoisotopic (exact) mass is 436 g/mol. The predicted molar refractivity (Wildman–Crippen MR) is 119 cm³/mol. The zero-order chi connectivity index (χ0) is 22.0. The van der Waals surface area contributed by atoms with Gasteiger partial charge >= 0.3 is 5.97 Å². The van der Waals surface area contributed by atoms with Gasteiger partial charge in [-0.1, -0.05) is 18.2 Å². The molecular formula is C22H20N4O4S. The lowest BCUT2D eigenvalue weighted by Gasteiger charge is -2.06. The van der Waals surface area contributed by atoms with Gasteiger partial charge in [0, 0.05) is 41.3 Å². The van der Waals surface area contributed by atoms with Crippen LogP contribution in [0.3, 0.4) is 0 Å². The van der Waals surface area contributed by atoms with Crippen molar-refractivity contribution in [3.8, 4) is 22.9 Å². The number of carboxylic acids is 1. The molecule has 2 N–H and O–H groups in total. The van der Waals surface area contributed by atoms with E-state index in [2.05, 4.69) is 15.2 Å². The van der Waals surface area contributed by atoms with Crippen LogP contribution in [0.5, 0.6) is 11.5 Å². The zero-order valence-electron chi connectivity index (χ0n) is 17.1. The maximum Gasteiger partial charge on any atom is 0.342 e.